The molecule has 27 heavy (non-hydrogen) atoms. The second-order valence-electron chi connectivity index (χ2n) is 6.17. The van der Waals surface area contributed by atoms with Gasteiger partial charge < -0.3 is 19.9 Å². The van der Waals surface area contributed by atoms with Crippen molar-refractivity contribution in [3.8, 4) is 0 Å². The standard InChI is InChI=1S/C17H27FN4O3S.HI/c1-19-17(20-7-12-25-13-14-26(2,23)24)22-10-8-21(9-11-22)16-5-3-15(18)4-6-16;/h3-6H,7-14H2,1-2H3,(H,19,20);1H. The molecule has 1 aliphatic rings. The zero-order valence-corrected chi connectivity index (χ0v) is 18.9. The van der Waals surface area contributed by atoms with E-state index < -0.39 is 9.84 Å². The topological polar surface area (TPSA) is 74.2 Å². The predicted molar refractivity (Wildman–Crippen MR) is 117 cm³/mol. The number of hydrogen-bond acceptors (Lipinski definition) is 5. The second-order valence-corrected chi connectivity index (χ2v) is 8.43. The van der Waals surface area contributed by atoms with E-state index in [0.29, 0.717) is 13.2 Å². The number of halogens is 2. The highest BCUT2D eigenvalue weighted by molar-refractivity contribution is 14.0. The van der Waals surface area contributed by atoms with E-state index in [-0.39, 0.29) is 42.2 Å². The summed E-state index contributed by atoms with van der Waals surface area (Å²) in [7, 11) is -1.25. The normalized spacial score (nSPS) is 15.4. The monoisotopic (exact) mass is 514 g/mol. The van der Waals surface area contributed by atoms with Crippen LogP contribution in [0.1, 0.15) is 0 Å². The van der Waals surface area contributed by atoms with Crippen molar-refractivity contribution in [3.05, 3.63) is 30.1 Å². The van der Waals surface area contributed by atoms with E-state index in [9.17, 15) is 12.8 Å². The average Bonchev–Trinajstić information content (AvgIpc) is 2.61. The fourth-order valence-corrected chi connectivity index (χ4v) is 3.13. The number of benzene rings is 1. The van der Waals surface area contributed by atoms with Crippen LogP contribution in [0, 0.1) is 5.82 Å². The molecule has 0 spiro atoms. The van der Waals surface area contributed by atoms with Crippen LogP contribution in [0.4, 0.5) is 10.1 Å². The summed E-state index contributed by atoms with van der Waals surface area (Å²) < 4.78 is 40.4. The molecule has 1 aromatic carbocycles. The Morgan fingerprint density at radius 1 is 1.19 bits per heavy atom. The largest absolute Gasteiger partial charge is 0.379 e. The lowest BCUT2D eigenvalue weighted by atomic mass is 10.2. The minimum atomic E-state index is -2.98. The van der Waals surface area contributed by atoms with Gasteiger partial charge in [-0.05, 0) is 24.3 Å². The zero-order chi connectivity index (χ0) is 19.0. The lowest BCUT2D eigenvalue weighted by Gasteiger charge is -2.37. The summed E-state index contributed by atoms with van der Waals surface area (Å²) in [5.74, 6) is 0.610. The van der Waals surface area contributed by atoms with Gasteiger partial charge in [-0.3, -0.25) is 4.99 Å². The van der Waals surface area contributed by atoms with E-state index in [1.54, 1.807) is 19.2 Å². The number of rotatable bonds is 7. The average molecular weight is 514 g/mol. The van der Waals surface area contributed by atoms with E-state index in [2.05, 4.69) is 20.1 Å². The van der Waals surface area contributed by atoms with E-state index in [0.717, 1.165) is 37.8 Å². The molecule has 0 unspecified atom stereocenters. The third-order valence-corrected chi connectivity index (χ3v) is 5.02. The highest BCUT2D eigenvalue weighted by Crippen LogP contribution is 2.16. The van der Waals surface area contributed by atoms with Gasteiger partial charge in [-0.25, -0.2) is 12.8 Å². The Kier molecular flexibility index (Phi) is 10.3. The van der Waals surface area contributed by atoms with Crippen molar-refractivity contribution in [1.29, 1.82) is 0 Å². The molecule has 0 atom stereocenters. The molecular weight excluding hydrogens is 486 g/mol. The van der Waals surface area contributed by atoms with Gasteiger partial charge in [0.1, 0.15) is 15.7 Å². The minimum Gasteiger partial charge on any atom is -0.379 e. The maximum atomic E-state index is 13.0. The fraction of sp³-hybridized carbons (Fsp3) is 0.588. The Morgan fingerprint density at radius 3 is 2.37 bits per heavy atom. The molecular formula is C17H28FIN4O3S. The quantitative estimate of drug-likeness (QED) is 0.255. The van der Waals surface area contributed by atoms with Gasteiger partial charge in [0.25, 0.3) is 0 Å². The number of ether oxygens (including phenoxy) is 1. The van der Waals surface area contributed by atoms with Crippen LogP contribution in [0.25, 0.3) is 0 Å². The van der Waals surface area contributed by atoms with Gasteiger partial charge in [-0.2, -0.15) is 0 Å². The van der Waals surface area contributed by atoms with Crippen molar-refractivity contribution in [3.63, 3.8) is 0 Å². The Hall–Kier alpha value is -1.14. The van der Waals surface area contributed by atoms with Crippen molar-refractivity contribution < 1.29 is 17.5 Å². The van der Waals surface area contributed by atoms with Crippen LogP contribution in [0.2, 0.25) is 0 Å². The summed E-state index contributed by atoms with van der Waals surface area (Å²) in [6.45, 7) is 4.47. The fourth-order valence-electron chi connectivity index (χ4n) is 2.71. The van der Waals surface area contributed by atoms with Crippen molar-refractivity contribution in [2.45, 2.75) is 0 Å². The number of nitrogens with zero attached hydrogens (tertiary/aromatic N) is 3. The Morgan fingerprint density at radius 2 is 1.81 bits per heavy atom. The molecule has 1 aromatic rings. The maximum Gasteiger partial charge on any atom is 0.193 e. The first-order chi connectivity index (χ1) is 12.4. The van der Waals surface area contributed by atoms with Crippen LogP contribution in [0.3, 0.4) is 0 Å². The third-order valence-electron chi connectivity index (χ3n) is 4.11. The molecule has 0 aromatic heterocycles. The van der Waals surface area contributed by atoms with Gasteiger partial charge in [0.2, 0.25) is 0 Å². The number of sulfone groups is 1. The number of anilines is 1. The van der Waals surface area contributed by atoms with Crippen LogP contribution >= 0.6 is 24.0 Å². The van der Waals surface area contributed by atoms with Crippen LogP contribution in [-0.4, -0.2) is 84.3 Å². The van der Waals surface area contributed by atoms with Gasteiger partial charge in [-0.1, -0.05) is 0 Å². The van der Waals surface area contributed by atoms with Crippen LogP contribution < -0.4 is 10.2 Å². The third kappa shape index (κ3) is 8.60. The number of aliphatic imine (C=N–C) groups is 1. The lowest BCUT2D eigenvalue weighted by molar-refractivity contribution is 0.153. The first-order valence-electron chi connectivity index (χ1n) is 8.60. The first kappa shape index (κ1) is 23.9. The van der Waals surface area contributed by atoms with Gasteiger partial charge in [0, 0.05) is 51.7 Å². The predicted octanol–water partition coefficient (Wildman–Crippen LogP) is 1.20. The van der Waals surface area contributed by atoms with E-state index in [1.165, 1.54) is 18.4 Å². The summed E-state index contributed by atoms with van der Waals surface area (Å²) >= 11 is 0. The van der Waals surface area contributed by atoms with Gasteiger partial charge in [0.15, 0.2) is 5.96 Å². The molecule has 1 saturated heterocycles. The van der Waals surface area contributed by atoms with Crippen molar-refractivity contribution in [1.82, 2.24) is 10.2 Å². The molecule has 0 radical (unpaired) electrons. The molecule has 1 heterocycles. The summed E-state index contributed by atoms with van der Waals surface area (Å²) in [5.41, 5.74) is 1.02. The van der Waals surface area contributed by atoms with Crippen molar-refractivity contribution >= 4 is 45.5 Å². The maximum absolute atomic E-state index is 13.0. The molecule has 0 saturated carbocycles. The summed E-state index contributed by atoms with van der Waals surface area (Å²) in [5, 5.41) is 3.23. The molecule has 10 heteroatoms. The molecule has 0 bridgehead atoms. The summed E-state index contributed by atoms with van der Waals surface area (Å²) in [6, 6.07) is 6.55. The molecule has 0 aliphatic carbocycles. The second kappa shape index (κ2) is 11.6. The Labute approximate surface area is 177 Å². The van der Waals surface area contributed by atoms with Gasteiger partial charge in [0.05, 0.1) is 19.0 Å². The van der Waals surface area contributed by atoms with Gasteiger partial charge in [-0.15, -0.1) is 24.0 Å². The highest BCUT2D eigenvalue weighted by atomic mass is 127. The van der Waals surface area contributed by atoms with E-state index in [1.807, 2.05) is 0 Å². The van der Waals surface area contributed by atoms with Crippen LogP contribution in [0.15, 0.2) is 29.3 Å². The molecule has 1 aliphatic heterocycles. The molecule has 1 N–H and O–H groups in total. The zero-order valence-electron chi connectivity index (χ0n) is 15.7. The van der Waals surface area contributed by atoms with Crippen molar-refractivity contribution in [2.24, 2.45) is 4.99 Å². The van der Waals surface area contributed by atoms with Crippen LogP contribution in [0.5, 0.6) is 0 Å². The highest BCUT2D eigenvalue weighted by Gasteiger charge is 2.19. The first-order valence-corrected chi connectivity index (χ1v) is 10.7. The smallest absolute Gasteiger partial charge is 0.193 e. The summed E-state index contributed by atoms with van der Waals surface area (Å²) in [4.78, 5) is 8.67. The summed E-state index contributed by atoms with van der Waals surface area (Å²) in [6.07, 6.45) is 1.20. The van der Waals surface area contributed by atoms with Crippen LogP contribution in [-0.2, 0) is 14.6 Å². The molecule has 2 rings (SSSR count). The number of piperazine rings is 1. The SMILES string of the molecule is CN=C(NCCOCCS(C)(=O)=O)N1CCN(c2ccc(F)cc2)CC1.I. The van der Waals surface area contributed by atoms with Crippen molar-refractivity contribution in [2.75, 3.05) is 69.9 Å². The Balaban J connectivity index is 0.00000364. The molecule has 7 nitrogen and oxygen atoms in total. The molecule has 0 amide bonds. The minimum absolute atomic E-state index is 0. The number of nitrogens with one attached hydrogen (secondary N) is 1. The number of hydrogen-bond donors (Lipinski definition) is 1. The number of guanidine groups is 1. The molecule has 154 valence electrons. The lowest BCUT2D eigenvalue weighted by Crippen LogP contribution is -2.53. The van der Waals surface area contributed by atoms with E-state index >= 15 is 0 Å². The van der Waals surface area contributed by atoms with Gasteiger partial charge >= 0.3 is 0 Å². The van der Waals surface area contributed by atoms with E-state index in [4.69, 9.17) is 4.74 Å². The molecule has 1 fully saturated rings. The Bertz CT molecular complexity index is 693.